The predicted octanol–water partition coefficient (Wildman–Crippen LogP) is 3.20. The molecule has 3 heteroatoms. The van der Waals surface area contributed by atoms with E-state index in [2.05, 4.69) is 86.4 Å². The van der Waals surface area contributed by atoms with Gasteiger partial charge in [-0.25, -0.2) is 0 Å². The fourth-order valence-electron chi connectivity index (χ4n) is 2.64. The van der Waals surface area contributed by atoms with E-state index in [1.165, 1.54) is 22.5 Å². The van der Waals surface area contributed by atoms with Crippen LogP contribution in [0, 0.1) is 6.92 Å². The van der Waals surface area contributed by atoms with E-state index in [1.54, 1.807) is 0 Å². The van der Waals surface area contributed by atoms with Gasteiger partial charge in [0.05, 0.1) is 6.04 Å². The smallest absolute Gasteiger partial charge is 0.0661 e. The molecular formula is C18H25N3. The fraction of sp³-hybridized carbons (Fsp3) is 0.333. The Morgan fingerprint density at radius 3 is 2.10 bits per heavy atom. The van der Waals surface area contributed by atoms with E-state index in [4.69, 9.17) is 5.73 Å². The minimum absolute atomic E-state index is 0.183. The monoisotopic (exact) mass is 283 g/mol. The van der Waals surface area contributed by atoms with Gasteiger partial charge in [0.25, 0.3) is 0 Å². The summed E-state index contributed by atoms with van der Waals surface area (Å²) in [5, 5.41) is 0. The van der Waals surface area contributed by atoms with Crippen LogP contribution in [0.3, 0.4) is 0 Å². The number of hydrogen-bond donors (Lipinski definition) is 1. The lowest BCUT2D eigenvalue weighted by molar-refractivity contribution is 0.679. The lowest BCUT2D eigenvalue weighted by Crippen LogP contribution is -2.30. The molecule has 0 aliphatic carbocycles. The van der Waals surface area contributed by atoms with Crippen molar-refractivity contribution in [1.82, 2.24) is 0 Å². The van der Waals surface area contributed by atoms with Gasteiger partial charge < -0.3 is 15.5 Å². The van der Waals surface area contributed by atoms with Crippen molar-refractivity contribution in [3.63, 3.8) is 0 Å². The summed E-state index contributed by atoms with van der Waals surface area (Å²) in [4.78, 5) is 4.37. The highest BCUT2D eigenvalue weighted by atomic mass is 15.1. The van der Waals surface area contributed by atoms with Crippen molar-refractivity contribution in [2.75, 3.05) is 37.5 Å². The molecule has 0 saturated heterocycles. The highest BCUT2D eigenvalue weighted by molar-refractivity contribution is 5.55. The summed E-state index contributed by atoms with van der Waals surface area (Å²) >= 11 is 0. The Labute approximate surface area is 128 Å². The molecule has 0 aliphatic rings. The minimum atomic E-state index is 0.183. The third-order valence-electron chi connectivity index (χ3n) is 3.98. The third-order valence-corrected chi connectivity index (χ3v) is 3.98. The van der Waals surface area contributed by atoms with Gasteiger partial charge in [0.1, 0.15) is 0 Å². The Morgan fingerprint density at radius 2 is 1.57 bits per heavy atom. The van der Waals surface area contributed by atoms with Crippen molar-refractivity contribution in [1.29, 1.82) is 0 Å². The second kappa shape index (κ2) is 6.64. The van der Waals surface area contributed by atoms with Crippen molar-refractivity contribution in [3.05, 3.63) is 59.7 Å². The molecule has 21 heavy (non-hydrogen) atoms. The average Bonchev–Trinajstić information content (AvgIpc) is 2.49. The van der Waals surface area contributed by atoms with Gasteiger partial charge in [0.15, 0.2) is 0 Å². The van der Waals surface area contributed by atoms with Crippen molar-refractivity contribution >= 4 is 11.4 Å². The van der Waals surface area contributed by atoms with E-state index in [1.807, 2.05) is 0 Å². The van der Waals surface area contributed by atoms with Gasteiger partial charge in [-0.1, -0.05) is 30.3 Å². The van der Waals surface area contributed by atoms with Crippen LogP contribution >= 0.6 is 0 Å². The van der Waals surface area contributed by atoms with Crippen LogP contribution in [0.15, 0.2) is 48.5 Å². The topological polar surface area (TPSA) is 32.5 Å². The molecule has 0 fully saturated rings. The first kappa shape index (κ1) is 15.4. The molecule has 1 unspecified atom stereocenters. The highest BCUT2D eigenvalue weighted by Gasteiger charge is 2.17. The van der Waals surface area contributed by atoms with Crippen molar-refractivity contribution in [2.24, 2.45) is 5.73 Å². The van der Waals surface area contributed by atoms with Gasteiger partial charge in [0, 0.05) is 39.1 Å². The van der Waals surface area contributed by atoms with Crippen LogP contribution < -0.4 is 15.5 Å². The SMILES string of the molecule is Cc1ccccc1N(C)C(CN)c1ccc(N(C)C)cc1. The Hall–Kier alpha value is -2.00. The summed E-state index contributed by atoms with van der Waals surface area (Å²) in [6.07, 6.45) is 0. The van der Waals surface area contributed by atoms with Gasteiger partial charge in [-0.2, -0.15) is 0 Å². The summed E-state index contributed by atoms with van der Waals surface area (Å²) in [6.45, 7) is 2.72. The van der Waals surface area contributed by atoms with Crippen LogP contribution in [-0.2, 0) is 0 Å². The summed E-state index contributed by atoms with van der Waals surface area (Å²) in [7, 11) is 6.21. The molecule has 0 radical (unpaired) electrons. The molecule has 2 aromatic carbocycles. The first-order valence-electron chi connectivity index (χ1n) is 7.30. The van der Waals surface area contributed by atoms with E-state index in [0.29, 0.717) is 6.54 Å². The van der Waals surface area contributed by atoms with E-state index < -0.39 is 0 Å². The van der Waals surface area contributed by atoms with E-state index in [0.717, 1.165) is 0 Å². The number of anilines is 2. The average molecular weight is 283 g/mol. The Balaban J connectivity index is 2.29. The zero-order valence-corrected chi connectivity index (χ0v) is 13.4. The third kappa shape index (κ3) is 3.37. The van der Waals surface area contributed by atoms with Crippen molar-refractivity contribution in [2.45, 2.75) is 13.0 Å². The van der Waals surface area contributed by atoms with Crippen molar-refractivity contribution in [3.8, 4) is 0 Å². The second-order valence-electron chi connectivity index (χ2n) is 5.63. The zero-order chi connectivity index (χ0) is 15.4. The van der Waals surface area contributed by atoms with E-state index in [9.17, 15) is 0 Å². The number of hydrogen-bond acceptors (Lipinski definition) is 3. The number of nitrogens with zero attached hydrogens (tertiary/aromatic N) is 2. The van der Waals surface area contributed by atoms with Crippen LogP contribution in [-0.4, -0.2) is 27.7 Å². The molecule has 3 nitrogen and oxygen atoms in total. The summed E-state index contributed by atoms with van der Waals surface area (Å²) in [5.41, 5.74) is 11.0. The van der Waals surface area contributed by atoms with Crippen LogP contribution in [0.5, 0.6) is 0 Å². The quantitative estimate of drug-likeness (QED) is 0.914. The van der Waals surface area contributed by atoms with Gasteiger partial charge in [-0.05, 0) is 36.2 Å². The zero-order valence-electron chi connectivity index (χ0n) is 13.4. The minimum Gasteiger partial charge on any atom is -0.378 e. The number of nitrogens with two attached hydrogens (primary N) is 1. The molecule has 0 amide bonds. The van der Waals surface area contributed by atoms with Gasteiger partial charge in [0.2, 0.25) is 0 Å². The largest absolute Gasteiger partial charge is 0.378 e. The fourth-order valence-corrected chi connectivity index (χ4v) is 2.64. The summed E-state index contributed by atoms with van der Waals surface area (Å²) < 4.78 is 0. The normalized spacial score (nSPS) is 12.0. The molecule has 2 aromatic rings. The number of benzene rings is 2. The Bertz CT molecular complexity index is 575. The summed E-state index contributed by atoms with van der Waals surface area (Å²) in [6, 6.07) is 17.2. The lowest BCUT2D eigenvalue weighted by Gasteiger charge is -2.31. The Kier molecular flexibility index (Phi) is 4.86. The molecular weight excluding hydrogens is 258 g/mol. The molecule has 0 aromatic heterocycles. The van der Waals surface area contributed by atoms with Crippen LogP contribution in [0.4, 0.5) is 11.4 Å². The van der Waals surface area contributed by atoms with Gasteiger partial charge in [-0.3, -0.25) is 0 Å². The Morgan fingerprint density at radius 1 is 0.952 bits per heavy atom. The van der Waals surface area contributed by atoms with Crippen LogP contribution in [0.25, 0.3) is 0 Å². The number of rotatable bonds is 5. The van der Waals surface area contributed by atoms with E-state index in [-0.39, 0.29) is 6.04 Å². The van der Waals surface area contributed by atoms with Gasteiger partial charge >= 0.3 is 0 Å². The molecule has 0 saturated carbocycles. The van der Waals surface area contributed by atoms with Crippen LogP contribution in [0.2, 0.25) is 0 Å². The van der Waals surface area contributed by atoms with E-state index >= 15 is 0 Å². The molecule has 0 aliphatic heterocycles. The maximum atomic E-state index is 6.04. The number of aryl methyl sites for hydroxylation is 1. The molecule has 2 rings (SSSR count). The molecule has 1 atom stereocenters. The lowest BCUT2D eigenvalue weighted by atomic mass is 10.0. The molecule has 0 spiro atoms. The van der Waals surface area contributed by atoms with Crippen LogP contribution in [0.1, 0.15) is 17.2 Å². The second-order valence-corrected chi connectivity index (χ2v) is 5.63. The predicted molar refractivity (Wildman–Crippen MR) is 92.1 cm³/mol. The number of para-hydroxylation sites is 1. The first-order valence-corrected chi connectivity index (χ1v) is 7.30. The maximum absolute atomic E-state index is 6.04. The standard InChI is InChI=1S/C18H25N3/c1-14-7-5-6-8-17(14)21(4)18(13-19)15-9-11-16(12-10-15)20(2)3/h5-12,18H,13,19H2,1-4H3. The number of likely N-dealkylation sites (N-methyl/N-ethyl adjacent to an activating group) is 1. The van der Waals surface area contributed by atoms with Gasteiger partial charge in [-0.15, -0.1) is 0 Å². The first-order chi connectivity index (χ1) is 10.0. The molecule has 2 N–H and O–H groups in total. The summed E-state index contributed by atoms with van der Waals surface area (Å²) in [5.74, 6) is 0. The highest BCUT2D eigenvalue weighted by Crippen LogP contribution is 2.28. The molecule has 0 bridgehead atoms. The molecule has 0 heterocycles. The maximum Gasteiger partial charge on any atom is 0.0661 e. The molecule has 112 valence electrons. The van der Waals surface area contributed by atoms with Crippen molar-refractivity contribution < 1.29 is 0 Å².